The minimum absolute atomic E-state index is 0.235. The van der Waals surface area contributed by atoms with E-state index < -0.39 is 6.10 Å². The van der Waals surface area contributed by atoms with E-state index in [1.54, 1.807) is 0 Å². The average Bonchev–Trinajstić information content (AvgIpc) is 3.22. The Morgan fingerprint density at radius 1 is 1.09 bits per heavy atom. The van der Waals surface area contributed by atoms with Crippen LogP contribution in [-0.4, -0.2) is 63.3 Å². The Labute approximate surface area is 190 Å². The van der Waals surface area contributed by atoms with Crippen LogP contribution in [0.25, 0.3) is 17.2 Å². The van der Waals surface area contributed by atoms with Crippen molar-refractivity contribution in [2.75, 3.05) is 37.6 Å². The Balaban J connectivity index is 1.67. The van der Waals surface area contributed by atoms with E-state index in [1.807, 2.05) is 51.4 Å². The summed E-state index contributed by atoms with van der Waals surface area (Å²) >= 11 is 0. The summed E-state index contributed by atoms with van der Waals surface area (Å²) in [5.74, 6) is 0.235. The second kappa shape index (κ2) is 9.35. The minimum Gasteiger partial charge on any atom is -0.507 e. The Morgan fingerprint density at radius 2 is 1.84 bits per heavy atom. The first-order valence-electron chi connectivity index (χ1n) is 11.6. The summed E-state index contributed by atoms with van der Waals surface area (Å²) in [4.78, 5) is 9.31. The highest BCUT2D eigenvalue weighted by Crippen LogP contribution is 2.32. The first-order chi connectivity index (χ1) is 15.4. The van der Waals surface area contributed by atoms with Crippen molar-refractivity contribution in [3.8, 4) is 5.75 Å². The van der Waals surface area contributed by atoms with Crippen LogP contribution < -0.4 is 4.90 Å². The largest absolute Gasteiger partial charge is 0.507 e. The molecule has 1 aliphatic heterocycles. The summed E-state index contributed by atoms with van der Waals surface area (Å²) in [5, 5.41) is 21.6. The van der Waals surface area contributed by atoms with E-state index in [2.05, 4.69) is 38.2 Å². The number of aliphatic hydroxyl groups excluding tert-OH is 1. The molecular formula is C26H34N4O2. The van der Waals surface area contributed by atoms with Crippen LogP contribution in [0.1, 0.15) is 42.8 Å². The normalized spacial score (nSPS) is 16.7. The molecule has 1 unspecified atom stereocenters. The van der Waals surface area contributed by atoms with Gasteiger partial charge in [0.1, 0.15) is 5.75 Å². The van der Waals surface area contributed by atoms with Gasteiger partial charge in [-0.15, -0.1) is 0 Å². The lowest BCUT2D eigenvalue weighted by atomic mass is 9.97. The molecule has 0 saturated carbocycles. The van der Waals surface area contributed by atoms with Crippen molar-refractivity contribution in [1.82, 2.24) is 14.3 Å². The Hall–Kier alpha value is -2.83. The summed E-state index contributed by atoms with van der Waals surface area (Å²) in [6.45, 7) is 13.2. The zero-order valence-corrected chi connectivity index (χ0v) is 19.5. The molecule has 0 aliphatic carbocycles. The number of aromatic hydroxyl groups is 1. The van der Waals surface area contributed by atoms with Gasteiger partial charge < -0.3 is 24.4 Å². The van der Waals surface area contributed by atoms with Crippen LogP contribution in [0.5, 0.6) is 5.75 Å². The first-order valence-corrected chi connectivity index (χ1v) is 11.6. The molecular weight excluding hydrogens is 400 g/mol. The lowest BCUT2D eigenvalue weighted by molar-refractivity contribution is 0.229. The number of nitrogens with zero attached hydrogens (tertiary/aromatic N) is 4. The molecule has 1 aromatic carbocycles. The molecule has 2 N–H and O–H groups in total. The van der Waals surface area contributed by atoms with E-state index in [-0.39, 0.29) is 5.75 Å². The number of hydrogen-bond donors (Lipinski definition) is 2. The number of rotatable bonds is 6. The minimum atomic E-state index is -0.622. The second-order valence-corrected chi connectivity index (χ2v) is 8.68. The van der Waals surface area contributed by atoms with Crippen LogP contribution in [-0.2, 0) is 0 Å². The lowest BCUT2D eigenvalue weighted by Crippen LogP contribution is -2.46. The predicted octanol–water partition coefficient (Wildman–Crippen LogP) is 4.11. The Bertz CT molecular complexity index is 1130. The lowest BCUT2D eigenvalue weighted by Gasteiger charge is -2.35. The van der Waals surface area contributed by atoms with Crippen LogP contribution in [0, 0.1) is 13.8 Å². The number of aryl methyl sites for hydroxylation is 2. The molecule has 0 radical (unpaired) electrons. The summed E-state index contributed by atoms with van der Waals surface area (Å²) in [7, 11) is 0. The zero-order chi connectivity index (χ0) is 22.8. The smallest absolute Gasteiger partial charge is 0.124 e. The van der Waals surface area contributed by atoms with Crippen LogP contribution in [0.3, 0.4) is 0 Å². The van der Waals surface area contributed by atoms with Gasteiger partial charge in [0.2, 0.25) is 0 Å². The van der Waals surface area contributed by atoms with Gasteiger partial charge in [0.15, 0.2) is 0 Å². The molecule has 1 fully saturated rings. The van der Waals surface area contributed by atoms with Crippen LogP contribution in [0.15, 0.2) is 36.7 Å². The van der Waals surface area contributed by atoms with Gasteiger partial charge in [-0.3, -0.25) is 4.98 Å². The summed E-state index contributed by atoms with van der Waals surface area (Å²) in [6.07, 6.45) is 5.90. The molecule has 4 rings (SSSR count). The van der Waals surface area contributed by atoms with Crippen molar-refractivity contribution in [3.63, 3.8) is 0 Å². The molecule has 3 aromatic rings. The van der Waals surface area contributed by atoms with Gasteiger partial charge in [-0.25, -0.2) is 0 Å². The van der Waals surface area contributed by atoms with E-state index in [0.717, 1.165) is 66.5 Å². The van der Waals surface area contributed by atoms with Gasteiger partial charge in [0, 0.05) is 55.9 Å². The highest BCUT2D eigenvalue weighted by Gasteiger charge is 2.18. The third-order valence-corrected chi connectivity index (χ3v) is 6.48. The SMILES string of the molecule is CCC(O)C(=Cc1ccc(N2CCN(CC)CC2)cc1O)c1cc2c(C)nc(C)cn2c1. The molecule has 0 amide bonds. The van der Waals surface area contributed by atoms with E-state index in [1.165, 1.54) is 0 Å². The molecule has 6 heteroatoms. The third-order valence-electron chi connectivity index (χ3n) is 6.48. The molecule has 1 atom stereocenters. The van der Waals surface area contributed by atoms with E-state index in [4.69, 9.17) is 0 Å². The highest BCUT2D eigenvalue weighted by molar-refractivity contribution is 5.87. The van der Waals surface area contributed by atoms with Crippen molar-refractivity contribution < 1.29 is 10.2 Å². The molecule has 3 heterocycles. The highest BCUT2D eigenvalue weighted by atomic mass is 16.3. The van der Waals surface area contributed by atoms with Gasteiger partial charge in [0.25, 0.3) is 0 Å². The number of benzene rings is 1. The van der Waals surface area contributed by atoms with Crippen molar-refractivity contribution in [3.05, 3.63) is 59.2 Å². The average molecular weight is 435 g/mol. The molecule has 1 aliphatic rings. The fourth-order valence-corrected chi connectivity index (χ4v) is 4.52. The predicted molar refractivity (Wildman–Crippen MR) is 131 cm³/mol. The molecule has 0 spiro atoms. The number of anilines is 1. The number of hydrogen-bond acceptors (Lipinski definition) is 5. The maximum atomic E-state index is 10.8. The fourth-order valence-electron chi connectivity index (χ4n) is 4.52. The third kappa shape index (κ3) is 4.52. The van der Waals surface area contributed by atoms with Crippen LogP contribution >= 0.6 is 0 Å². The van der Waals surface area contributed by atoms with E-state index in [0.29, 0.717) is 12.0 Å². The molecule has 0 bridgehead atoms. The zero-order valence-electron chi connectivity index (χ0n) is 19.5. The number of phenolic OH excluding ortho intramolecular Hbond substituents is 1. The number of aromatic nitrogens is 2. The van der Waals surface area contributed by atoms with Crippen molar-refractivity contribution in [2.24, 2.45) is 0 Å². The van der Waals surface area contributed by atoms with Crippen LogP contribution in [0.2, 0.25) is 0 Å². The first kappa shape index (κ1) is 22.4. The number of aliphatic hydroxyl groups is 1. The maximum Gasteiger partial charge on any atom is 0.124 e. The van der Waals surface area contributed by atoms with Crippen molar-refractivity contribution in [1.29, 1.82) is 0 Å². The number of fused-ring (bicyclic) bond motifs is 1. The van der Waals surface area contributed by atoms with Gasteiger partial charge in [-0.2, -0.15) is 0 Å². The standard InChI is InChI=1S/C26H34N4O2/c1-5-25(31)23(21-14-24-19(4)27-18(3)16-30(24)17-21)13-20-7-8-22(15-26(20)32)29-11-9-28(6-2)10-12-29/h7-8,13-17,25,31-32H,5-6,9-12H2,1-4H3. The molecule has 32 heavy (non-hydrogen) atoms. The summed E-state index contributed by atoms with van der Waals surface area (Å²) in [6, 6.07) is 7.92. The maximum absolute atomic E-state index is 10.8. The Morgan fingerprint density at radius 3 is 2.50 bits per heavy atom. The molecule has 2 aromatic heterocycles. The van der Waals surface area contributed by atoms with Gasteiger partial charge >= 0.3 is 0 Å². The fraction of sp³-hybridized carbons (Fsp3) is 0.423. The van der Waals surface area contributed by atoms with E-state index >= 15 is 0 Å². The topological polar surface area (TPSA) is 64.2 Å². The number of likely N-dealkylation sites (N-methyl/N-ethyl adjacent to an activating group) is 1. The molecule has 6 nitrogen and oxygen atoms in total. The Kier molecular flexibility index (Phi) is 6.53. The van der Waals surface area contributed by atoms with Gasteiger partial charge in [0.05, 0.1) is 23.0 Å². The summed E-state index contributed by atoms with van der Waals surface area (Å²) in [5.41, 5.74) is 6.42. The van der Waals surface area contributed by atoms with E-state index in [9.17, 15) is 10.2 Å². The van der Waals surface area contributed by atoms with Crippen molar-refractivity contribution in [2.45, 2.75) is 40.2 Å². The van der Waals surface area contributed by atoms with Gasteiger partial charge in [-0.05, 0) is 62.2 Å². The monoisotopic (exact) mass is 434 g/mol. The number of phenols is 1. The summed E-state index contributed by atoms with van der Waals surface area (Å²) < 4.78 is 2.06. The van der Waals surface area contributed by atoms with Crippen LogP contribution in [0.4, 0.5) is 5.69 Å². The second-order valence-electron chi connectivity index (χ2n) is 8.68. The van der Waals surface area contributed by atoms with Gasteiger partial charge in [-0.1, -0.05) is 13.8 Å². The van der Waals surface area contributed by atoms with Crippen molar-refractivity contribution >= 4 is 22.9 Å². The number of piperazine rings is 1. The quantitative estimate of drug-likeness (QED) is 0.611. The molecule has 1 saturated heterocycles. The molecule has 170 valence electrons.